The van der Waals surface area contributed by atoms with Gasteiger partial charge in [-0.2, -0.15) is 0 Å². The van der Waals surface area contributed by atoms with E-state index in [1.54, 1.807) is 0 Å². The average molecular weight is 330 g/mol. The average Bonchev–Trinajstić information content (AvgIpc) is 2.58. The normalized spacial score (nSPS) is 17.0. The number of nitrogens with one attached hydrogen (secondary N) is 1. The van der Waals surface area contributed by atoms with Crippen LogP contribution < -0.4 is 10.1 Å². The molecule has 24 heavy (non-hydrogen) atoms. The molecule has 2 amide bonds. The van der Waals surface area contributed by atoms with Crippen molar-refractivity contribution < 1.29 is 23.9 Å². The molecule has 0 radical (unpaired) electrons. The summed E-state index contributed by atoms with van der Waals surface area (Å²) >= 11 is 0. The number of hydrogen-bond acceptors (Lipinski definition) is 5. The van der Waals surface area contributed by atoms with Crippen molar-refractivity contribution in [2.24, 2.45) is 0 Å². The van der Waals surface area contributed by atoms with Crippen molar-refractivity contribution in [1.82, 2.24) is 10.2 Å². The Hall–Kier alpha value is -2.96. The van der Waals surface area contributed by atoms with Crippen LogP contribution >= 0.6 is 0 Å². The van der Waals surface area contributed by atoms with Gasteiger partial charge < -0.3 is 15.0 Å². The predicted molar refractivity (Wildman–Crippen MR) is 85.8 cm³/mol. The molecule has 2 rings (SSSR count). The fourth-order valence-corrected chi connectivity index (χ4v) is 2.52. The van der Waals surface area contributed by atoms with E-state index in [4.69, 9.17) is 4.74 Å². The Morgan fingerprint density at radius 3 is 2.83 bits per heavy atom. The number of piperidine rings is 1. The summed E-state index contributed by atoms with van der Waals surface area (Å²) in [6, 6.07) is 3.72. The molecule has 1 fully saturated rings. The number of benzene rings is 1. The molecule has 0 saturated carbocycles. The lowest BCUT2D eigenvalue weighted by atomic mass is 10.0. The van der Waals surface area contributed by atoms with E-state index in [0.717, 1.165) is 0 Å². The summed E-state index contributed by atoms with van der Waals surface area (Å²) in [5, 5.41) is 2.63. The lowest BCUT2D eigenvalue weighted by Gasteiger charge is -2.31. The van der Waals surface area contributed by atoms with Crippen molar-refractivity contribution in [3.05, 3.63) is 41.6 Å². The summed E-state index contributed by atoms with van der Waals surface area (Å²) in [6.45, 7) is 3.56. The highest BCUT2D eigenvalue weighted by Crippen LogP contribution is 2.21. The fraction of sp³-hybridized carbons (Fsp3) is 0.294. The molecule has 7 nitrogen and oxygen atoms in total. The Balaban J connectivity index is 2.21. The number of hydrogen-bond donors (Lipinski definition) is 1. The monoisotopic (exact) mass is 330 g/mol. The Kier molecular flexibility index (Phi) is 5.47. The Bertz CT molecular complexity index is 698. The van der Waals surface area contributed by atoms with Gasteiger partial charge in [0.25, 0.3) is 5.91 Å². The van der Waals surface area contributed by atoms with Gasteiger partial charge in [0.15, 0.2) is 12.6 Å². The summed E-state index contributed by atoms with van der Waals surface area (Å²) in [4.78, 5) is 47.6. The van der Waals surface area contributed by atoms with Gasteiger partial charge in [-0.15, -0.1) is 0 Å². The van der Waals surface area contributed by atoms with Gasteiger partial charge in [-0.3, -0.25) is 19.2 Å². The van der Waals surface area contributed by atoms with Crippen LogP contribution in [0.15, 0.2) is 30.5 Å². The standard InChI is InChI=1S/C17H18N2O5/c1-11-3-6-15(16(22)18-11)19(2)17(23)14-5-4-13(24-8-7-20)9-12(14)10-21/h4-5,7,9-10,15H,1,3,6,8H2,2H3,(H,18,22). The first-order chi connectivity index (χ1) is 11.5. The minimum absolute atomic E-state index is 0.135. The van der Waals surface area contributed by atoms with E-state index in [0.29, 0.717) is 36.9 Å². The Labute approximate surface area is 139 Å². The van der Waals surface area contributed by atoms with E-state index in [1.165, 1.54) is 30.1 Å². The van der Waals surface area contributed by atoms with Crippen LogP contribution in [0.1, 0.15) is 33.6 Å². The first-order valence-corrected chi connectivity index (χ1v) is 7.39. The van der Waals surface area contributed by atoms with Gasteiger partial charge in [-0.25, -0.2) is 0 Å². The quantitative estimate of drug-likeness (QED) is 0.784. The molecule has 1 aromatic rings. The molecule has 0 spiro atoms. The van der Waals surface area contributed by atoms with Crippen molar-refractivity contribution in [3.8, 4) is 5.75 Å². The molecular weight excluding hydrogens is 312 g/mol. The zero-order valence-corrected chi connectivity index (χ0v) is 13.3. The maximum Gasteiger partial charge on any atom is 0.255 e. The molecule has 1 heterocycles. The van der Waals surface area contributed by atoms with E-state index in [2.05, 4.69) is 11.9 Å². The second-order valence-corrected chi connectivity index (χ2v) is 5.41. The number of rotatable bonds is 6. The lowest BCUT2D eigenvalue weighted by molar-refractivity contribution is -0.125. The first kappa shape index (κ1) is 17.4. The third-order valence-corrected chi connectivity index (χ3v) is 3.81. The molecule has 126 valence electrons. The van der Waals surface area contributed by atoms with Gasteiger partial charge in [-0.05, 0) is 31.0 Å². The number of ether oxygens (including phenoxy) is 1. The van der Waals surface area contributed by atoms with E-state index >= 15 is 0 Å². The van der Waals surface area contributed by atoms with E-state index in [9.17, 15) is 19.2 Å². The van der Waals surface area contributed by atoms with Crippen LogP contribution in [0.5, 0.6) is 5.75 Å². The molecule has 0 aliphatic carbocycles. The largest absolute Gasteiger partial charge is 0.486 e. The van der Waals surface area contributed by atoms with Crippen LogP contribution in [0.3, 0.4) is 0 Å². The minimum Gasteiger partial charge on any atom is -0.486 e. The van der Waals surface area contributed by atoms with Crippen molar-refractivity contribution in [2.45, 2.75) is 18.9 Å². The molecule has 0 bridgehead atoms. The second-order valence-electron chi connectivity index (χ2n) is 5.41. The van der Waals surface area contributed by atoms with Crippen molar-refractivity contribution in [1.29, 1.82) is 0 Å². The molecule has 1 saturated heterocycles. The van der Waals surface area contributed by atoms with Crippen molar-refractivity contribution >= 4 is 24.4 Å². The third kappa shape index (κ3) is 3.68. The number of carbonyl (C=O) groups excluding carboxylic acids is 4. The molecule has 1 aromatic carbocycles. The van der Waals surface area contributed by atoms with Crippen molar-refractivity contribution in [2.75, 3.05) is 13.7 Å². The van der Waals surface area contributed by atoms with Gasteiger partial charge in [-0.1, -0.05) is 6.58 Å². The van der Waals surface area contributed by atoms with Gasteiger partial charge in [0.2, 0.25) is 5.91 Å². The number of carbonyl (C=O) groups is 4. The van der Waals surface area contributed by atoms with Crippen LogP contribution in [0.25, 0.3) is 0 Å². The zero-order chi connectivity index (χ0) is 17.7. The highest BCUT2D eigenvalue weighted by molar-refractivity contribution is 6.03. The predicted octanol–water partition coefficient (Wildman–Crippen LogP) is 0.941. The van der Waals surface area contributed by atoms with Gasteiger partial charge in [0, 0.05) is 18.3 Å². The lowest BCUT2D eigenvalue weighted by Crippen LogP contribution is -2.50. The third-order valence-electron chi connectivity index (χ3n) is 3.81. The second kappa shape index (κ2) is 7.54. The fourth-order valence-electron chi connectivity index (χ4n) is 2.52. The number of aldehydes is 2. The zero-order valence-electron chi connectivity index (χ0n) is 13.3. The molecule has 1 aliphatic heterocycles. The highest BCUT2D eigenvalue weighted by atomic mass is 16.5. The van der Waals surface area contributed by atoms with E-state index < -0.39 is 11.9 Å². The van der Waals surface area contributed by atoms with Gasteiger partial charge >= 0.3 is 0 Å². The van der Waals surface area contributed by atoms with E-state index in [-0.39, 0.29) is 23.6 Å². The maximum absolute atomic E-state index is 12.6. The van der Waals surface area contributed by atoms with Crippen LogP contribution in [0, 0.1) is 0 Å². The summed E-state index contributed by atoms with van der Waals surface area (Å²) in [5.74, 6) is -0.414. The van der Waals surface area contributed by atoms with Gasteiger partial charge in [0.1, 0.15) is 18.4 Å². The minimum atomic E-state index is -0.617. The SMILES string of the molecule is C=C1CCC(N(C)C(=O)c2ccc(OCC=O)cc2C=O)C(=O)N1. The summed E-state index contributed by atoms with van der Waals surface area (Å²) in [7, 11) is 1.52. The number of amides is 2. The number of likely N-dealkylation sites (N-methyl/N-ethyl adjacent to an activating group) is 1. The first-order valence-electron chi connectivity index (χ1n) is 7.39. The number of nitrogens with zero attached hydrogens (tertiary/aromatic N) is 1. The highest BCUT2D eigenvalue weighted by Gasteiger charge is 2.31. The summed E-state index contributed by atoms with van der Waals surface area (Å²) in [5.41, 5.74) is 0.932. The molecular formula is C17H18N2O5. The van der Waals surface area contributed by atoms with E-state index in [1.807, 2.05) is 0 Å². The molecule has 1 unspecified atom stereocenters. The molecule has 0 aromatic heterocycles. The molecule has 7 heteroatoms. The smallest absolute Gasteiger partial charge is 0.255 e. The Morgan fingerprint density at radius 1 is 1.46 bits per heavy atom. The Morgan fingerprint density at radius 2 is 2.21 bits per heavy atom. The maximum atomic E-state index is 12.6. The summed E-state index contributed by atoms with van der Waals surface area (Å²) < 4.78 is 5.11. The molecule has 1 N–H and O–H groups in total. The van der Waals surface area contributed by atoms with Crippen LogP contribution in [-0.2, 0) is 9.59 Å². The molecule has 1 atom stereocenters. The van der Waals surface area contributed by atoms with Crippen LogP contribution in [0.4, 0.5) is 0 Å². The van der Waals surface area contributed by atoms with Gasteiger partial charge in [0.05, 0.1) is 5.56 Å². The van der Waals surface area contributed by atoms with Crippen LogP contribution in [0.2, 0.25) is 0 Å². The topological polar surface area (TPSA) is 92.8 Å². The summed E-state index contributed by atoms with van der Waals surface area (Å²) in [6.07, 6.45) is 2.19. The molecule has 1 aliphatic rings. The number of allylic oxidation sites excluding steroid dienone is 1. The van der Waals surface area contributed by atoms with Crippen LogP contribution in [-0.4, -0.2) is 49.0 Å². The van der Waals surface area contributed by atoms with Crippen molar-refractivity contribution in [3.63, 3.8) is 0 Å².